The fourth-order valence-corrected chi connectivity index (χ4v) is 1.96. The highest BCUT2D eigenvalue weighted by atomic mass is 19.4. The van der Waals surface area contributed by atoms with Crippen LogP contribution in [0.2, 0.25) is 0 Å². The summed E-state index contributed by atoms with van der Waals surface area (Å²) in [6, 6.07) is 3.39. The van der Waals surface area contributed by atoms with Crippen LogP contribution in [0.4, 0.5) is 26.3 Å². The molecule has 0 aliphatic rings. The van der Waals surface area contributed by atoms with Crippen LogP contribution in [0.15, 0.2) is 24.3 Å². The van der Waals surface area contributed by atoms with Gasteiger partial charge in [-0.1, -0.05) is 19.1 Å². The van der Waals surface area contributed by atoms with E-state index < -0.39 is 30.4 Å². The summed E-state index contributed by atoms with van der Waals surface area (Å²) in [5.74, 6) is 0. The van der Waals surface area contributed by atoms with Crippen molar-refractivity contribution in [1.82, 2.24) is 5.32 Å². The largest absolute Gasteiger partial charge is 0.416 e. The van der Waals surface area contributed by atoms with E-state index in [0.717, 1.165) is 12.1 Å². The summed E-state index contributed by atoms with van der Waals surface area (Å²) in [7, 11) is 0. The molecule has 1 atom stereocenters. The summed E-state index contributed by atoms with van der Waals surface area (Å²) < 4.78 is 74.6. The average Bonchev–Trinajstić information content (AvgIpc) is 2.33. The average molecular weight is 313 g/mol. The molecule has 0 aliphatic carbocycles. The number of hydrogen-bond acceptors (Lipinski definition) is 1. The molecule has 120 valence electrons. The Hall–Kier alpha value is -1.24. The number of benzene rings is 1. The van der Waals surface area contributed by atoms with Gasteiger partial charge in [0.2, 0.25) is 0 Å². The fraction of sp³-hybridized carbons (Fsp3) is 0.571. The summed E-state index contributed by atoms with van der Waals surface area (Å²) in [4.78, 5) is 0. The third-order valence-electron chi connectivity index (χ3n) is 2.92. The van der Waals surface area contributed by atoms with Gasteiger partial charge in [0.25, 0.3) is 0 Å². The van der Waals surface area contributed by atoms with Crippen LogP contribution in [0.1, 0.15) is 30.9 Å². The first-order chi connectivity index (χ1) is 9.62. The first-order valence-electron chi connectivity index (χ1n) is 6.58. The van der Waals surface area contributed by atoms with Gasteiger partial charge in [0.15, 0.2) is 0 Å². The van der Waals surface area contributed by atoms with Gasteiger partial charge in [0.1, 0.15) is 0 Å². The molecule has 0 fully saturated rings. The molecule has 0 saturated carbocycles. The van der Waals surface area contributed by atoms with Crippen molar-refractivity contribution in [1.29, 1.82) is 0 Å². The summed E-state index contributed by atoms with van der Waals surface area (Å²) in [6.45, 7) is 2.26. The highest BCUT2D eigenvalue weighted by molar-refractivity contribution is 5.25. The zero-order valence-electron chi connectivity index (χ0n) is 11.5. The highest BCUT2D eigenvalue weighted by Crippen LogP contribution is 2.29. The molecule has 1 aromatic carbocycles. The van der Waals surface area contributed by atoms with Crippen LogP contribution >= 0.6 is 0 Å². The second-order valence-corrected chi connectivity index (χ2v) is 4.87. The number of alkyl halides is 6. The van der Waals surface area contributed by atoms with E-state index in [-0.39, 0.29) is 6.42 Å². The summed E-state index contributed by atoms with van der Waals surface area (Å²) in [6.07, 6.45) is -9.03. The molecule has 0 aromatic heterocycles. The summed E-state index contributed by atoms with van der Waals surface area (Å²) in [5.41, 5.74) is -0.360. The Labute approximate surface area is 119 Å². The summed E-state index contributed by atoms with van der Waals surface area (Å²) in [5, 5.41) is 2.78. The maximum atomic E-state index is 12.5. The normalized spacial score (nSPS) is 14.2. The molecule has 21 heavy (non-hydrogen) atoms. The Balaban J connectivity index is 2.73. The van der Waals surface area contributed by atoms with Gasteiger partial charge in [-0.3, -0.25) is 0 Å². The molecule has 0 aliphatic heterocycles. The number of rotatable bonds is 6. The zero-order chi connectivity index (χ0) is 16.1. The molecule has 7 heteroatoms. The lowest BCUT2D eigenvalue weighted by molar-refractivity contribution is -0.140. The van der Waals surface area contributed by atoms with Crippen LogP contribution < -0.4 is 5.32 Å². The maximum absolute atomic E-state index is 12.5. The van der Waals surface area contributed by atoms with Crippen molar-refractivity contribution >= 4 is 0 Å². The van der Waals surface area contributed by atoms with Crippen molar-refractivity contribution in [3.63, 3.8) is 0 Å². The first kappa shape index (κ1) is 17.8. The number of hydrogen-bond donors (Lipinski definition) is 1. The van der Waals surface area contributed by atoms with Gasteiger partial charge in [-0.05, 0) is 37.1 Å². The Bertz CT molecular complexity index is 421. The Kier molecular flexibility index (Phi) is 6.07. The van der Waals surface area contributed by atoms with E-state index in [1.54, 1.807) is 0 Å². The van der Waals surface area contributed by atoms with Crippen molar-refractivity contribution in [3.8, 4) is 0 Å². The van der Waals surface area contributed by atoms with Gasteiger partial charge in [0.05, 0.1) is 12.0 Å². The van der Waals surface area contributed by atoms with Crippen molar-refractivity contribution in [2.45, 2.75) is 44.6 Å². The maximum Gasteiger partial charge on any atom is 0.416 e. The van der Waals surface area contributed by atoms with Crippen molar-refractivity contribution < 1.29 is 26.3 Å². The topological polar surface area (TPSA) is 12.0 Å². The molecule has 1 aromatic rings. The molecule has 1 N–H and O–H groups in total. The second kappa shape index (κ2) is 7.15. The lowest BCUT2D eigenvalue weighted by Gasteiger charge is -2.20. The third kappa shape index (κ3) is 6.84. The van der Waals surface area contributed by atoms with Crippen LogP contribution in [-0.4, -0.2) is 18.8 Å². The van der Waals surface area contributed by atoms with Crippen molar-refractivity contribution in [3.05, 3.63) is 35.4 Å². The van der Waals surface area contributed by atoms with Crippen LogP contribution in [0.25, 0.3) is 0 Å². The fourth-order valence-electron chi connectivity index (χ4n) is 1.96. The first-order valence-corrected chi connectivity index (χ1v) is 6.58. The minimum absolute atomic E-state index is 0.0393. The van der Waals surface area contributed by atoms with Crippen molar-refractivity contribution in [2.24, 2.45) is 0 Å². The van der Waals surface area contributed by atoms with Gasteiger partial charge in [-0.25, -0.2) is 0 Å². The molecule has 1 unspecified atom stereocenters. The minimum Gasteiger partial charge on any atom is -0.313 e. The van der Waals surface area contributed by atoms with E-state index in [0.29, 0.717) is 18.5 Å². The molecule has 1 nitrogen and oxygen atoms in total. The molecule has 0 spiro atoms. The monoisotopic (exact) mass is 313 g/mol. The zero-order valence-corrected chi connectivity index (χ0v) is 11.5. The lowest BCUT2D eigenvalue weighted by Crippen LogP contribution is -2.36. The van der Waals surface area contributed by atoms with Crippen LogP contribution in [-0.2, 0) is 12.6 Å². The van der Waals surface area contributed by atoms with Gasteiger partial charge in [-0.15, -0.1) is 0 Å². The van der Waals surface area contributed by atoms with Gasteiger partial charge in [-0.2, -0.15) is 26.3 Å². The van der Waals surface area contributed by atoms with E-state index >= 15 is 0 Å². The molecule has 0 amide bonds. The molecule has 0 bridgehead atoms. The third-order valence-corrected chi connectivity index (χ3v) is 2.92. The molecular formula is C14H17F6N. The van der Waals surface area contributed by atoms with Gasteiger partial charge >= 0.3 is 12.4 Å². The molecule has 0 saturated heterocycles. The van der Waals surface area contributed by atoms with Crippen molar-refractivity contribution in [2.75, 3.05) is 6.54 Å². The van der Waals surface area contributed by atoms with E-state index in [2.05, 4.69) is 5.32 Å². The van der Waals surface area contributed by atoms with Gasteiger partial charge in [0, 0.05) is 6.04 Å². The van der Waals surface area contributed by atoms with Crippen LogP contribution in [0.5, 0.6) is 0 Å². The van der Waals surface area contributed by atoms with E-state index in [1.165, 1.54) is 12.1 Å². The predicted octanol–water partition coefficient (Wildman–Crippen LogP) is 4.57. The van der Waals surface area contributed by atoms with E-state index in [1.807, 2.05) is 6.92 Å². The van der Waals surface area contributed by atoms with Crippen LogP contribution in [0.3, 0.4) is 0 Å². The lowest BCUT2D eigenvalue weighted by atomic mass is 10.0. The molecular weight excluding hydrogens is 296 g/mol. The smallest absolute Gasteiger partial charge is 0.313 e. The number of nitrogens with one attached hydrogen (secondary N) is 1. The minimum atomic E-state index is -4.44. The molecule has 0 radical (unpaired) electrons. The SMILES string of the molecule is CCCNC(Cc1ccc(C(F)(F)F)cc1)CC(F)(F)F. The predicted molar refractivity (Wildman–Crippen MR) is 67.9 cm³/mol. The highest BCUT2D eigenvalue weighted by Gasteiger charge is 2.32. The quantitative estimate of drug-likeness (QED) is 0.759. The standard InChI is InChI=1S/C14H17F6N/c1-2-7-21-12(9-13(15,16)17)8-10-3-5-11(6-4-10)14(18,19)20/h3-6,12,21H,2,7-9H2,1H3. The van der Waals surface area contributed by atoms with E-state index in [4.69, 9.17) is 0 Å². The summed E-state index contributed by atoms with van der Waals surface area (Å²) >= 11 is 0. The van der Waals surface area contributed by atoms with Crippen LogP contribution in [0, 0.1) is 0 Å². The molecule has 0 heterocycles. The number of halogens is 6. The Morgan fingerprint density at radius 3 is 2.00 bits per heavy atom. The van der Waals surface area contributed by atoms with E-state index in [9.17, 15) is 26.3 Å². The molecule has 1 rings (SSSR count). The second-order valence-electron chi connectivity index (χ2n) is 4.87. The Morgan fingerprint density at radius 1 is 1.00 bits per heavy atom. The van der Waals surface area contributed by atoms with Gasteiger partial charge < -0.3 is 5.32 Å². The Morgan fingerprint density at radius 2 is 1.57 bits per heavy atom.